The van der Waals surface area contributed by atoms with Gasteiger partial charge in [0, 0.05) is 18.1 Å². The number of ether oxygens (including phenoxy) is 5. The van der Waals surface area contributed by atoms with Crippen LogP contribution in [0.4, 0.5) is 4.79 Å². The van der Waals surface area contributed by atoms with Crippen LogP contribution in [0.2, 0.25) is 0 Å². The highest BCUT2D eigenvalue weighted by molar-refractivity contribution is 5.67. The SMILES string of the molecule is C=CCOC(=O)OC(OC(C)=O)c1ccc(Cc2ccc(OCC)cc2)c([C@@]2(O)O[C@H]([C@H](C)O)[C@@H](O)[C@H](O)[C@H]2O)c1. The predicted octanol–water partition coefficient (Wildman–Crippen LogP) is 1.58. The van der Waals surface area contributed by atoms with Gasteiger partial charge in [-0.3, -0.25) is 4.79 Å². The van der Waals surface area contributed by atoms with Crippen LogP contribution < -0.4 is 4.74 Å². The van der Waals surface area contributed by atoms with Crippen LogP contribution in [-0.2, 0) is 35.9 Å². The Kier molecular flexibility index (Phi) is 10.8. The van der Waals surface area contributed by atoms with Crippen molar-refractivity contribution in [3.63, 3.8) is 0 Å². The predicted molar refractivity (Wildman–Crippen MR) is 142 cm³/mol. The van der Waals surface area contributed by atoms with Crippen molar-refractivity contribution < 1.29 is 58.8 Å². The van der Waals surface area contributed by atoms with Crippen LogP contribution in [0.1, 0.15) is 49.3 Å². The number of rotatable bonds is 11. The fourth-order valence-corrected chi connectivity index (χ4v) is 4.44. The van der Waals surface area contributed by atoms with Gasteiger partial charge in [0.1, 0.15) is 36.8 Å². The van der Waals surface area contributed by atoms with Gasteiger partial charge >= 0.3 is 12.1 Å². The van der Waals surface area contributed by atoms with E-state index < -0.39 is 54.7 Å². The fourth-order valence-electron chi connectivity index (χ4n) is 4.44. The average molecular weight is 577 g/mol. The fraction of sp³-hybridized carbons (Fsp3) is 0.448. The number of esters is 1. The maximum Gasteiger partial charge on any atom is 0.511 e. The Morgan fingerprint density at radius 1 is 1.10 bits per heavy atom. The molecule has 0 radical (unpaired) electrons. The third-order valence-corrected chi connectivity index (χ3v) is 6.42. The molecule has 3 rings (SSSR count). The summed E-state index contributed by atoms with van der Waals surface area (Å²) in [6, 6.07) is 11.4. The summed E-state index contributed by atoms with van der Waals surface area (Å²) in [5, 5.41) is 53.9. The summed E-state index contributed by atoms with van der Waals surface area (Å²) in [7, 11) is 0. The molecule has 1 unspecified atom stereocenters. The number of carbonyl (C=O) groups is 2. The summed E-state index contributed by atoms with van der Waals surface area (Å²) < 4.78 is 26.3. The Hall–Kier alpha value is -3.52. The van der Waals surface area contributed by atoms with Gasteiger partial charge in [0.05, 0.1) is 12.7 Å². The molecule has 1 aliphatic rings. The lowest BCUT2D eigenvalue weighted by Crippen LogP contribution is -2.65. The van der Waals surface area contributed by atoms with Gasteiger partial charge < -0.3 is 49.2 Å². The van der Waals surface area contributed by atoms with Gasteiger partial charge in [0.2, 0.25) is 5.79 Å². The second-order valence-electron chi connectivity index (χ2n) is 9.52. The van der Waals surface area contributed by atoms with Crippen molar-refractivity contribution in [3.8, 4) is 5.75 Å². The zero-order chi connectivity index (χ0) is 30.3. The molecule has 1 aliphatic heterocycles. The quantitative estimate of drug-likeness (QED) is 0.148. The van der Waals surface area contributed by atoms with Crippen LogP contribution in [0.5, 0.6) is 5.75 Å². The van der Waals surface area contributed by atoms with Gasteiger partial charge in [-0.15, -0.1) is 0 Å². The molecule has 224 valence electrons. The molecule has 0 aliphatic carbocycles. The first-order valence-corrected chi connectivity index (χ1v) is 13.0. The van der Waals surface area contributed by atoms with E-state index in [9.17, 15) is 35.1 Å². The maximum atomic E-state index is 12.2. The van der Waals surface area contributed by atoms with Crippen molar-refractivity contribution in [1.82, 2.24) is 0 Å². The first kappa shape index (κ1) is 32.0. The topological polar surface area (TPSA) is 181 Å². The third-order valence-electron chi connectivity index (χ3n) is 6.42. The molecule has 1 heterocycles. The van der Waals surface area contributed by atoms with Crippen LogP contribution in [0.3, 0.4) is 0 Å². The minimum atomic E-state index is -2.67. The third kappa shape index (κ3) is 7.61. The van der Waals surface area contributed by atoms with Crippen molar-refractivity contribution >= 4 is 12.1 Å². The summed E-state index contributed by atoms with van der Waals surface area (Å²) in [4.78, 5) is 24.0. The minimum absolute atomic E-state index is 0.0413. The van der Waals surface area contributed by atoms with Crippen molar-refractivity contribution in [2.24, 2.45) is 0 Å². The van der Waals surface area contributed by atoms with E-state index in [2.05, 4.69) is 6.58 Å². The highest BCUT2D eigenvalue weighted by atomic mass is 16.8. The monoisotopic (exact) mass is 576 g/mol. The molecule has 41 heavy (non-hydrogen) atoms. The first-order chi connectivity index (χ1) is 19.4. The molecule has 1 saturated heterocycles. The van der Waals surface area contributed by atoms with E-state index >= 15 is 0 Å². The molecule has 0 amide bonds. The van der Waals surface area contributed by atoms with E-state index in [1.54, 1.807) is 24.3 Å². The molecule has 0 bridgehead atoms. The summed E-state index contributed by atoms with van der Waals surface area (Å²) >= 11 is 0. The normalized spacial score (nSPS) is 25.5. The Morgan fingerprint density at radius 2 is 1.78 bits per heavy atom. The molecule has 2 aromatic carbocycles. The van der Waals surface area contributed by atoms with Gasteiger partial charge in [0.15, 0.2) is 0 Å². The standard InChI is InChI=1S/C29H36O12/c1-5-13-38-28(35)40-27(39-17(4)31)20-10-9-19(14-18-7-11-21(12-8-18)37-6-2)22(15-20)29(36)26(34)24(33)23(32)25(41-29)16(3)30/h5,7-12,15-16,23-27,30,32-34,36H,1,6,13-14H2,2-4H3/t16-,23-,24-,25+,26+,27?,29+/m0/s1. The summed E-state index contributed by atoms with van der Waals surface area (Å²) in [6.45, 7) is 7.99. The zero-order valence-electron chi connectivity index (χ0n) is 23.0. The van der Waals surface area contributed by atoms with Crippen LogP contribution in [-0.4, -0.2) is 81.4 Å². The van der Waals surface area contributed by atoms with Crippen molar-refractivity contribution in [1.29, 1.82) is 0 Å². The average Bonchev–Trinajstić information content (AvgIpc) is 2.93. The molecule has 12 heteroatoms. The summed E-state index contributed by atoms with van der Waals surface area (Å²) in [5.41, 5.74) is 1.10. The smallest absolute Gasteiger partial charge is 0.494 e. The minimum Gasteiger partial charge on any atom is -0.494 e. The van der Waals surface area contributed by atoms with E-state index in [0.717, 1.165) is 12.5 Å². The van der Waals surface area contributed by atoms with Gasteiger partial charge in [-0.1, -0.05) is 36.9 Å². The van der Waals surface area contributed by atoms with Gasteiger partial charge in [-0.05, 0) is 49.6 Å². The molecule has 0 spiro atoms. The number of aliphatic hydroxyl groups excluding tert-OH is 4. The van der Waals surface area contributed by atoms with Gasteiger partial charge in [-0.2, -0.15) is 0 Å². The lowest BCUT2D eigenvalue weighted by Gasteiger charge is -2.47. The number of hydrogen-bond acceptors (Lipinski definition) is 12. The molecular formula is C29H36O12. The molecule has 0 aromatic heterocycles. The second kappa shape index (κ2) is 13.9. The molecule has 0 saturated carbocycles. The summed E-state index contributed by atoms with van der Waals surface area (Å²) in [5.74, 6) is -2.81. The number of aliphatic hydroxyl groups is 5. The number of carbonyl (C=O) groups excluding carboxylic acids is 2. The highest BCUT2D eigenvalue weighted by Crippen LogP contribution is 2.40. The van der Waals surface area contributed by atoms with Crippen LogP contribution >= 0.6 is 0 Å². The number of hydrogen-bond donors (Lipinski definition) is 5. The van der Waals surface area contributed by atoms with Gasteiger partial charge in [0.25, 0.3) is 6.29 Å². The Bertz CT molecular complexity index is 1200. The Labute approximate surface area is 237 Å². The highest BCUT2D eigenvalue weighted by Gasteiger charge is 2.55. The molecule has 2 aromatic rings. The van der Waals surface area contributed by atoms with Crippen molar-refractivity contribution in [2.45, 2.75) is 69.8 Å². The Balaban J connectivity index is 2.12. The van der Waals surface area contributed by atoms with E-state index in [-0.39, 0.29) is 24.2 Å². The van der Waals surface area contributed by atoms with Crippen LogP contribution in [0.25, 0.3) is 0 Å². The molecule has 7 atom stereocenters. The van der Waals surface area contributed by atoms with Crippen molar-refractivity contribution in [2.75, 3.05) is 13.2 Å². The van der Waals surface area contributed by atoms with Crippen LogP contribution in [0.15, 0.2) is 55.1 Å². The first-order valence-electron chi connectivity index (χ1n) is 13.0. The lowest BCUT2D eigenvalue weighted by atomic mass is 9.83. The van der Waals surface area contributed by atoms with Gasteiger partial charge in [-0.25, -0.2) is 4.79 Å². The van der Waals surface area contributed by atoms with Crippen molar-refractivity contribution in [3.05, 3.63) is 77.4 Å². The molecular weight excluding hydrogens is 540 g/mol. The largest absolute Gasteiger partial charge is 0.511 e. The number of benzene rings is 2. The second-order valence-corrected chi connectivity index (χ2v) is 9.52. The summed E-state index contributed by atoms with van der Waals surface area (Å²) in [6.07, 6.45) is -9.86. The zero-order valence-corrected chi connectivity index (χ0v) is 23.0. The molecule has 5 N–H and O–H groups in total. The van der Waals surface area contributed by atoms with E-state index in [1.807, 2.05) is 6.92 Å². The lowest BCUT2D eigenvalue weighted by molar-refractivity contribution is -0.364. The maximum absolute atomic E-state index is 12.2. The van der Waals surface area contributed by atoms with E-state index in [4.69, 9.17) is 23.7 Å². The van der Waals surface area contributed by atoms with E-state index in [0.29, 0.717) is 17.9 Å². The molecule has 12 nitrogen and oxygen atoms in total. The van der Waals surface area contributed by atoms with E-state index in [1.165, 1.54) is 31.2 Å². The van der Waals surface area contributed by atoms with Crippen LogP contribution in [0, 0.1) is 0 Å². The molecule has 1 fully saturated rings. The Morgan fingerprint density at radius 3 is 2.37 bits per heavy atom.